The molecule has 2 nitrogen and oxygen atoms in total. The Kier molecular flexibility index (Phi) is 5.59. The molecule has 1 aliphatic heterocycles. The van der Waals surface area contributed by atoms with Crippen LogP contribution in [0.2, 0.25) is 5.02 Å². The molecule has 0 aliphatic carbocycles. The van der Waals surface area contributed by atoms with Crippen LogP contribution in [0, 0.1) is 5.92 Å². The Morgan fingerprint density at radius 2 is 2.11 bits per heavy atom. The average Bonchev–Trinajstić information content (AvgIpc) is 2.88. The summed E-state index contributed by atoms with van der Waals surface area (Å²) in [6.07, 6.45) is 2.48. The van der Waals surface area contributed by atoms with Crippen LogP contribution in [0.5, 0.6) is 0 Å². The summed E-state index contributed by atoms with van der Waals surface area (Å²) in [6.45, 7) is 6.23. The van der Waals surface area contributed by atoms with Gasteiger partial charge in [-0.1, -0.05) is 68.3 Å². The zero-order valence-corrected chi connectivity index (χ0v) is 13.1. The van der Waals surface area contributed by atoms with E-state index in [9.17, 15) is 0 Å². The Balaban J connectivity index is 1.84. The summed E-state index contributed by atoms with van der Waals surface area (Å²) in [4.78, 5) is 4.60. The van der Waals surface area contributed by atoms with E-state index < -0.39 is 0 Å². The van der Waals surface area contributed by atoms with E-state index in [2.05, 4.69) is 24.2 Å². The lowest BCUT2D eigenvalue weighted by Crippen LogP contribution is -2.21. The molecule has 1 atom stereocenters. The number of nitrogens with zero attached hydrogens (tertiary/aromatic N) is 1. The van der Waals surface area contributed by atoms with Crippen molar-refractivity contribution in [3.63, 3.8) is 0 Å². The first-order chi connectivity index (χ1) is 9.24. The molecule has 0 saturated carbocycles. The SMILES string of the molecule is CCC(CC)C1CN=C(NCc2ccccc2Cl)S1. The Morgan fingerprint density at radius 3 is 2.79 bits per heavy atom. The first kappa shape index (κ1) is 14.7. The van der Waals surface area contributed by atoms with Crippen LogP contribution in [-0.2, 0) is 6.54 Å². The third-order valence-corrected chi connectivity index (χ3v) is 5.34. The lowest BCUT2D eigenvalue weighted by Gasteiger charge is -2.18. The third kappa shape index (κ3) is 3.90. The maximum absolute atomic E-state index is 6.15. The number of rotatable bonds is 5. The largest absolute Gasteiger partial charge is 0.361 e. The van der Waals surface area contributed by atoms with E-state index in [-0.39, 0.29) is 0 Å². The molecular weight excluding hydrogens is 276 g/mol. The average molecular weight is 297 g/mol. The number of thioether (sulfide) groups is 1. The number of nitrogens with one attached hydrogen (secondary N) is 1. The van der Waals surface area contributed by atoms with Crippen molar-refractivity contribution >= 4 is 28.5 Å². The summed E-state index contributed by atoms with van der Waals surface area (Å²) < 4.78 is 0. The predicted molar refractivity (Wildman–Crippen MR) is 86.0 cm³/mol. The van der Waals surface area contributed by atoms with Crippen molar-refractivity contribution in [1.29, 1.82) is 0 Å². The first-order valence-corrected chi connectivity index (χ1v) is 8.18. The number of benzene rings is 1. The van der Waals surface area contributed by atoms with Gasteiger partial charge in [-0.15, -0.1) is 0 Å². The molecule has 0 fully saturated rings. The van der Waals surface area contributed by atoms with Gasteiger partial charge < -0.3 is 5.32 Å². The molecule has 1 N–H and O–H groups in total. The smallest absolute Gasteiger partial charge is 0.157 e. The van der Waals surface area contributed by atoms with Gasteiger partial charge in [0.25, 0.3) is 0 Å². The van der Waals surface area contributed by atoms with Crippen molar-refractivity contribution in [3.05, 3.63) is 34.9 Å². The lowest BCUT2D eigenvalue weighted by atomic mass is 9.99. The summed E-state index contributed by atoms with van der Waals surface area (Å²) >= 11 is 8.04. The quantitative estimate of drug-likeness (QED) is 0.874. The van der Waals surface area contributed by atoms with Crippen LogP contribution in [0.1, 0.15) is 32.3 Å². The van der Waals surface area contributed by atoms with E-state index in [1.165, 1.54) is 12.8 Å². The molecule has 19 heavy (non-hydrogen) atoms. The molecule has 4 heteroatoms. The van der Waals surface area contributed by atoms with E-state index >= 15 is 0 Å². The molecule has 1 heterocycles. The van der Waals surface area contributed by atoms with Crippen LogP contribution in [0.3, 0.4) is 0 Å². The van der Waals surface area contributed by atoms with Crippen molar-refractivity contribution in [1.82, 2.24) is 5.32 Å². The van der Waals surface area contributed by atoms with Crippen LogP contribution in [0.4, 0.5) is 0 Å². The fraction of sp³-hybridized carbons (Fsp3) is 0.533. The van der Waals surface area contributed by atoms with Crippen LogP contribution in [0.15, 0.2) is 29.3 Å². The molecule has 1 aliphatic rings. The highest BCUT2D eigenvalue weighted by Gasteiger charge is 2.25. The molecule has 1 aromatic carbocycles. The molecular formula is C15H21ClN2S. The van der Waals surface area contributed by atoms with Crippen molar-refractivity contribution in [2.75, 3.05) is 6.54 Å². The minimum atomic E-state index is 0.642. The topological polar surface area (TPSA) is 24.4 Å². The molecule has 104 valence electrons. The molecule has 0 aromatic heterocycles. The van der Waals surface area contributed by atoms with Gasteiger partial charge in [-0.2, -0.15) is 0 Å². The summed E-state index contributed by atoms with van der Waals surface area (Å²) in [5.41, 5.74) is 1.12. The standard InChI is InChI=1S/C15H21ClN2S/c1-3-11(4-2)14-10-18-15(19-14)17-9-12-7-5-6-8-13(12)16/h5-8,11,14H,3-4,9-10H2,1-2H3,(H,17,18). The van der Waals surface area contributed by atoms with Crippen molar-refractivity contribution in [2.24, 2.45) is 10.9 Å². The van der Waals surface area contributed by atoms with Gasteiger partial charge in [0.1, 0.15) is 0 Å². The fourth-order valence-electron chi connectivity index (χ4n) is 2.36. The summed E-state index contributed by atoms with van der Waals surface area (Å²) in [5, 5.41) is 5.92. The maximum atomic E-state index is 6.15. The zero-order valence-electron chi connectivity index (χ0n) is 11.5. The van der Waals surface area contributed by atoms with Crippen LogP contribution >= 0.6 is 23.4 Å². The van der Waals surface area contributed by atoms with Crippen molar-refractivity contribution in [3.8, 4) is 0 Å². The lowest BCUT2D eigenvalue weighted by molar-refractivity contribution is 0.479. The molecule has 1 unspecified atom stereocenters. The predicted octanol–water partition coefficient (Wildman–Crippen LogP) is 4.34. The number of hydrogen-bond acceptors (Lipinski definition) is 3. The number of hydrogen-bond donors (Lipinski definition) is 1. The van der Waals surface area contributed by atoms with Gasteiger partial charge in [0.15, 0.2) is 5.17 Å². The highest BCUT2D eigenvalue weighted by molar-refractivity contribution is 8.14. The van der Waals surface area contributed by atoms with Gasteiger partial charge in [-0.25, -0.2) is 0 Å². The van der Waals surface area contributed by atoms with Gasteiger partial charge >= 0.3 is 0 Å². The molecule has 0 radical (unpaired) electrons. The summed E-state index contributed by atoms with van der Waals surface area (Å²) in [6, 6.07) is 7.94. The Bertz CT molecular complexity index is 444. The van der Waals surface area contributed by atoms with E-state index in [1.54, 1.807) is 0 Å². The Labute approximate surface area is 125 Å². The number of halogens is 1. The van der Waals surface area contributed by atoms with Gasteiger partial charge in [-0.3, -0.25) is 4.99 Å². The second kappa shape index (κ2) is 7.20. The highest BCUT2D eigenvalue weighted by atomic mass is 35.5. The second-order valence-corrected chi connectivity index (χ2v) is 6.46. The molecule has 0 bridgehead atoms. The minimum Gasteiger partial charge on any atom is -0.361 e. The third-order valence-electron chi connectivity index (χ3n) is 3.64. The van der Waals surface area contributed by atoms with Gasteiger partial charge in [0, 0.05) is 16.8 Å². The fourth-order valence-corrected chi connectivity index (χ4v) is 3.88. The van der Waals surface area contributed by atoms with Crippen molar-refractivity contribution in [2.45, 2.75) is 38.5 Å². The van der Waals surface area contributed by atoms with Crippen LogP contribution in [0.25, 0.3) is 0 Å². The van der Waals surface area contributed by atoms with E-state index in [0.29, 0.717) is 5.25 Å². The highest BCUT2D eigenvalue weighted by Crippen LogP contribution is 2.30. The minimum absolute atomic E-state index is 0.642. The zero-order chi connectivity index (χ0) is 13.7. The Morgan fingerprint density at radius 1 is 1.37 bits per heavy atom. The van der Waals surface area contributed by atoms with E-state index in [0.717, 1.165) is 34.8 Å². The number of amidine groups is 1. The van der Waals surface area contributed by atoms with Gasteiger partial charge in [0.05, 0.1) is 6.54 Å². The van der Waals surface area contributed by atoms with Gasteiger partial charge in [-0.05, 0) is 17.5 Å². The second-order valence-electron chi connectivity index (χ2n) is 4.82. The molecule has 1 aromatic rings. The number of aliphatic imine (C=N–C) groups is 1. The maximum Gasteiger partial charge on any atom is 0.157 e. The van der Waals surface area contributed by atoms with Crippen LogP contribution in [-0.4, -0.2) is 17.0 Å². The molecule has 0 amide bonds. The van der Waals surface area contributed by atoms with Crippen molar-refractivity contribution < 1.29 is 0 Å². The van der Waals surface area contributed by atoms with Crippen LogP contribution < -0.4 is 5.32 Å². The van der Waals surface area contributed by atoms with E-state index in [4.69, 9.17) is 11.6 Å². The Hall–Kier alpha value is -0.670. The van der Waals surface area contributed by atoms with E-state index in [1.807, 2.05) is 36.0 Å². The van der Waals surface area contributed by atoms with Gasteiger partial charge in [0.2, 0.25) is 0 Å². The molecule has 2 rings (SSSR count). The molecule has 0 spiro atoms. The monoisotopic (exact) mass is 296 g/mol. The first-order valence-electron chi connectivity index (χ1n) is 6.93. The normalized spacial score (nSPS) is 18.7. The summed E-state index contributed by atoms with van der Waals surface area (Å²) in [7, 11) is 0. The molecule has 0 saturated heterocycles. The summed E-state index contributed by atoms with van der Waals surface area (Å²) in [5.74, 6) is 0.772.